The quantitative estimate of drug-likeness (QED) is 0.761. The van der Waals surface area contributed by atoms with Crippen LogP contribution in [0.4, 0.5) is 0 Å². The van der Waals surface area contributed by atoms with Gasteiger partial charge in [-0.3, -0.25) is 0 Å². The summed E-state index contributed by atoms with van der Waals surface area (Å²) >= 11 is 0.379. The van der Waals surface area contributed by atoms with Crippen molar-refractivity contribution < 1.29 is 5.11 Å². The summed E-state index contributed by atoms with van der Waals surface area (Å²) in [5, 5.41) is 8.65. The molecule has 1 aromatic carbocycles. The minimum absolute atomic E-state index is 0.153. The van der Waals surface area contributed by atoms with E-state index in [2.05, 4.69) is 19.1 Å². The van der Waals surface area contributed by atoms with Gasteiger partial charge >= 0.3 is 78.9 Å². The third-order valence-corrected chi connectivity index (χ3v) is 3.49. The molecular weight excluding hydrogens is 215 g/mol. The number of aliphatic hydroxyl groups is 1. The van der Waals surface area contributed by atoms with E-state index in [-0.39, 0.29) is 6.61 Å². The Morgan fingerprint density at radius 3 is 2.67 bits per heavy atom. The minimum atomic E-state index is 0.153. The number of rotatable bonds is 3. The molecule has 0 aliphatic rings. The van der Waals surface area contributed by atoms with Crippen molar-refractivity contribution in [1.82, 2.24) is 0 Å². The van der Waals surface area contributed by atoms with Crippen LogP contribution in [-0.4, -0.2) is 26.7 Å². The summed E-state index contributed by atoms with van der Waals surface area (Å²) in [6, 6.07) is 10.3. The Morgan fingerprint density at radius 2 is 2.08 bits per heavy atom. The second-order valence-electron chi connectivity index (χ2n) is 2.41. The van der Waals surface area contributed by atoms with E-state index < -0.39 is 0 Å². The molecule has 0 bridgehead atoms. The molecule has 0 spiro atoms. The van der Waals surface area contributed by atoms with Gasteiger partial charge in [0.1, 0.15) is 0 Å². The molecule has 64 valence electrons. The SMILES string of the molecule is C/C(=C\CO)[Se]c1ccccc1. The van der Waals surface area contributed by atoms with Crippen molar-refractivity contribution >= 4 is 19.4 Å². The van der Waals surface area contributed by atoms with Crippen molar-refractivity contribution in [2.24, 2.45) is 0 Å². The second kappa shape index (κ2) is 5.15. The van der Waals surface area contributed by atoms with Gasteiger partial charge in [-0.15, -0.1) is 0 Å². The van der Waals surface area contributed by atoms with Crippen molar-refractivity contribution in [3.63, 3.8) is 0 Å². The molecule has 0 fully saturated rings. The van der Waals surface area contributed by atoms with Crippen LogP contribution in [0, 0.1) is 0 Å². The fourth-order valence-corrected chi connectivity index (χ4v) is 2.57. The Kier molecular flexibility index (Phi) is 4.09. The predicted octanol–water partition coefficient (Wildman–Crippen LogP) is 0.912. The molecule has 2 heteroatoms. The maximum atomic E-state index is 8.65. The van der Waals surface area contributed by atoms with Crippen molar-refractivity contribution in [2.75, 3.05) is 6.61 Å². The number of hydrogen-bond donors (Lipinski definition) is 1. The van der Waals surface area contributed by atoms with Gasteiger partial charge in [0.2, 0.25) is 0 Å². The van der Waals surface area contributed by atoms with Crippen LogP contribution in [0.15, 0.2) is 40.9 Å². The van der Waals surface area contributed by atoms with Crippen LogP contribution in [-0.2, 0) is 0 Å². The van der Waals surface area contributed by atoms with Gasteiger partial charge in [-0.1, -0.05) is 0 Å². The molecule has 12 heavy (non-hydrogen) atoms. The van der Waals surface area contributed by atoms with Crippen molar-refractivity contribution in [3.05, 3.63) is 40.9 Å². The zero-order chi connectivity index (χ0) is 8.81. The molecule has 0 atom stereocenters. The summed E-state index contributed by atoms with van der Waals surface area (Å²) in [6.07, 6.45) is 1.87. The first-order valence-corrected chi connectivity index (χ1v) is 5.55. The maximum absolute atomic E-state index is 8.65. The third kappa shape index (κ3) is 3.22. The Hall–Kier alpha value is -0.561. The van der Waals surface area contributed by atoms with Crippen LogP contribution in [0.3, 0.4) is 0 Å². The molecule has 0 unspecified atom stereocenters. The Morgan fingerprint density at radius 1 is 1.42 bits per heavy atom. The summed E-state index contributed by atoms with van der Waals surface area (Å²) in [5.74, 6) is 0. The third-order valence-electron chi connectivity index (χ3n) is 1.40. The molecular formula is C10H12OSe. The number of allylic oxidation sites excluding steroid dienone is 1. The average molecular weight is 227 g/mol. The average Bonchev–Trinajstić information content (AvgIpc) is 2.06. The predicted molar refractivity (Wildman–Crippen MR) is 52.7 cm³/mol. The van der Waals surface area contributed by atoms with Gasteiger partial charge in [0.05, 0.1) is 0 Å². The van der Waals surface area contributed by atoms with Gasteiger partial charge < -0.3 is 0 Å². The van der Waals surface area contributed by atoms with Crippen LogP contribution < -0.4 is 4.46 Å². The fraction of sp³-hybridized carbons (Fsp3) is 0.200. The van der Waals surface area contributed by atoms with Gasteiger partial charge in [-0.2, -0.15) is 0 Å². The summed E-state index contributed by atoms with van der Waals surface area (Å²) in [4.78, 5) is 0. The molecule has 0 aliphatic carbocycles. The molecule has 0 aromatic heterocycles. The van der Waals surface area contributed by atoms with Crippen molar-refractivity contribution in [1.29, 1.82) is 0 Å². The second-order valence-corrected chi connectivity index (χ2v) is 5.18. The summed E-state index contributed by atoms with van der Waals surface area (Å²) in [7, 11) is 0. The van der Waals surface area contributed by atoms with E-state index in [9.17, 15) is 0 Å². The Labute approximate surface area is 79.3 Å². The molecule has 0 heterocycles. The topological polar surface area (TPSA) is 20.2 Å². The van der Waals surface area contributed by atoms with Crippen LogP contribution in [0.2, 0.25) is 0 Å². The van der Waals surface area contributed by atoms with E-state index in [0.717, 1.165) is 0 Å². The van der Waals surface area contributed by atoms with Crippen LogP contribution >= 0.6 is 0 Å². The van der Waals surface area contributed by atoms with Gasteiger partial charge in [0, 0.05) is 0 Å². The molecule has 0 saturated heterocycles. The van der Waals surface area contributed by atoms with E-state index in [0.29, 0.717) is 15.0 Å². The monoisotopic (exact) mass is 228 g/mol. The number of aliphatic hydroxyl groups excluding tert-OH is 1. The van der Waals surface area contributed by atoms with Gasteiger partial charge in [0.25, 0.3) is 0 Å². The van der Waals surface area contributed by atoms with E-state index in [1.165, 1.54) is 8.93 Å². The Balaban J connectivity index is 2.58. The van der Waals surface area contributed by atoms with Gasteiger partial charge in [0.15, 0.2) is 0 Å². The van der Waals surface area contributed by atoms with E-state index in [1.54, 1.807) is 0 Å². The molecule has 1 aromatic rings. The van der Waals surface area contributed by atoms with Crippen molar-refractivity contribution in [3.8, 4) is 0 Å². The van der Waals surface area contributed by atoms with Crippen molar-refractivity contribution in [2.45, 2.75) is 6.92 Å². The number of hydrogen-bond acceptors (Lipinski definition) is 1. The Bertz CT molecular complexity index is 254. The summed E-state index contributed by atoms with van der Waals surface area (Å²) < 4.78 is 2.63. The fourth-order valence-electron chi connectivity index (χ4n) is 0.845. The molecule has 0 aliphatic heterocycles. The van der Waals surface area contributed by atoms with Crippen LogP contribution in [0.5, 0.6) is 0 Å². The standard InChI is InChI=1S/C10H12OSe/c1-9(7-8-11)12-10-5-3-2-4-6-10/h2-7,11H,8H2,1H3/b9-7+. The number of benzene rings is 1. The van der Waals surface area contributed by atoms with Crippen LogP contribution in [0.1, 0.15) is 6.92 Å². The molecule has 1 rings (SSSR count). The first-order valence-electron chi connectivity index (χ1n) is 3.83. The molecule has 1 nitrogen and oxygen atoms in total. The van der Waals surface area contributed by atoms with E-state index in [1.807, 2.05) is 24.3 Å². The van der Waals surface area contributed by atoms with Crippen LogP contribution in [0.25, 0.3) is 0 Å². The normalized spacial score (nSPS) is 11.7. The molecule has 1 N–H and O–H groups in total. The summed E-state index contributed by atoms with van der Waals surface area (Å²) in [6.45, 7) is 2.21. The molecule has 0 amide bonds. The van der Waals surface area contributed by atoms with E-state index >= 15 is 0 Å². The first-order chi connectivity index (χ1) is 5.83. The molecule has 0 saturated carbocycles. The zero-order valence-corrected chi connectivity index (χ0v) is 8.74. The van der Waals surface area contributed by atoms with Gasteiger partial charge in [-0.25, -0.2) is 0 Å². The zero-order valence-electron chi connectivity index (χ0n) is 7.03. The first kappa shape index (κ1) is 9.53. The molecule has 0 radical (unpaired) electrons. The summed E-state index contributed by atoms with van der Waals surface area (Å²) in [5.41, 5.74) is 0. The van der Waals surface area contributed by atoms with Gasteiger partial charge in [-0.05, 0) is 0 Å². The van der Waals surface area contributed by atoms with E-state index in [4.69, 9.17) is 5.11 Å².